The third-order valence-electron chi connectivity index (χ3n) is 2.54. The van der Waals surface area contributed by atoms with Crippen molar-refractivity contribution in [2.24, 2.45) is 0 Å². The van der Waals surface area contributed by atoms with E-state index in [1.54, 1.807) is 7.11 Å². The molecule has 1 aromatic carbocycles. The Labute approximate surface area is 101 Å². The second kappa shape index (κ2) is 5.57. The molecule has 0 saturated carbocycles. The smallest absolute Gasteiger partial charge is 0.119 e. The summed E-state index contributed by atoms with van der Waals surface area (Å²) in [6.45, 7) is 4.64. The van der Waals surface area contributed by atoms with E-state index in [9.17, 15) is 0 Å². The lowest BCUT2D eigenvalue weighted by atomic mass is 10.2. The zero-order chi connectivity index (χ0) is 11.4. The van der Waals surface area contributed by atoms with Gasteiger partial charge in [0.05, 0.1) is 25.7 Å². The molecule has 3 nitrogen and oxygen atoms in total. The molecule has 1 aliphatic heterocycles. The number of rotatable bonds is 3. The molecule has 16 heavy (non-hydrogen) atoms. The van der Waals surface area contributed by atoms with Gasteiger partial charge in [-0.1, -0.05) is 0 Å². The fraction of sp³-hybridized carbons (Fsp3) is 0.500. The molecule has 0 bridgehead atoms. The van der Waals surface area contributed by atoms with Crippen LogP contribution < -0.4 is 10.1 Å². The van der Waals surface area contributed by atoms with Crippen molar-refractivity contribution >= 4 is 11.8 Å². The van der Waals surface area contributed by atoms with Crippen molar-refractivity contribution in [3.8, 4) is 5.75 Å². The molecular weight excluding hydrogens is 222 g/mol. The van der Waals surface area contributed by atoms with Crippen LogP contribution in [0.3, 0.4) is 0 Å². The zero-order valence-electron chi connectivity index (χ0n) is 9.66. The Morgan fingerprint density at radius 3 is 3.00 bits per heavy atom. The number of methoxy groups -OCH3 is 1. The number of nitrogens with one attached hydrogen (secondary N) is 1. The van der Waals surface area contributed by atoms with Crippen LogP contribution in [0.4, 0.5) is 0 Å². The van der Waals surface area contributed by atoms with Gasteiger partial charge in [-0.25, -0.2) is 0 Å². The molecule has 2 rings (SSSR count). The van der Waals surface area contributed by atoms with Crippen LogP contribution in [0.2, 0.25) is 0 Å². The van der Waals surface area contributed by atoms with Gasteiger partial charge >= 0.3 is 0 Å². The van der Waals surface area contributed by atoms with Crippen LogP contribution in [0, 0.1) is 6.92 Å². The molecule has 1 N–H and O–H groups in total. The molecule has 4 heteroatoms. The predicted octanol–water partition coefficient (Wildman–Crippen LogP) is 2.04. The van der Waals surface area contributed by atoms with E-state index in [0.717, 1.165) is 25.5 Å². The van der Waals surface area contributed by atoms with Gasteiger partial charge in [-0.05, 0) is 30.7 Å². The largest absolute Gasteiger partial charge is 0.497 e. The second-order valence-electron chi connectivity index (χ2n) is 3.77. The minimum absolute atomic E-state index is 0.362. The van der Waals surface area contributed by atoms with Crippen LogP contribution in [-0.2, 0) is 4.74 Å². The van der Waals surface area contributed by atoms with Crippen molar-refractivity contribution in [1.29, 1.82) is 0 Å². The highest BCUT2D eigenvalue weighted by atomic mass is 32.2. The fourth-order valence-electron chi connectivity index (χ4n) is 1.65. The third-order valence-corrected chi connectivity index (χ3v) is 3.84. The summed E-state index contributed by atoms with van der Waals surface area (Å²) in [5, 5.41) is 3.79. The standard InChI is InChI=1S/C12H17NO2S/c1-9-7-10(14-2)3-4-11(9)16-12-8-15-6-5-13-12/h3-4,7,12-13H,5-6,8H2,1-2H3. The van der Waals surface area contributed by atoms with Crippen LogP contribution in [0.25, 0.3) is 0 Å². The molecule has 1 aliphatic rings. The van der Waals surface area contributed by atoms with Crippen molar-refractivity contribution in [3.05, 3.63) is 23.8 Å². The van der Waals surface area contributed by atoms with Gasteiger partial charge in [0.25, 0.3) is 0 Å². The second-order valence-corrected chi connectivity index (χ2v) is 5.01. The summed E-state index contributed by atoms with van der Waals surface area (Å²) >= 11 is 1.82. The Kier molecular flexibility index (Phi) is 4.09. The van der Waals surface area contributed by atoms with Crippen LogP contribution in [0.1, 0.15) is 5.56 Å². The number of benzene rings is 1. The van der Waals surface area contributed by atoms with Gasteiger partial charge in [0, 0.05) is 11.4 Å². The number of hydrogen-bond acceptors (Lipinski definition) is 4. The quantitative estimate of drug-likeness (QED) is 0.874. The predicted molar refractivity (Wildman–Crippen MR) is 66.2 cm³/mol. The maximum Gasteiger partial charge on any atom is 0.119 e. The first-order valence-electron chi connectivity index (χ1n) is 5.42. The van der Waals surface area contributed by atoms with Crippen LogP contribution >= 0.6 is 11.8 Å². The number of morpholine rings is 1. The van der Waals surface area contributed by atoms with Crippen molar-refractivity contribution in [2.45, 2.75) is 17.2 Å². The van der Waals surface area contributed by atoms with Gasteiger partial charge in [-0.15, -0.1) is 11.8 Å². The summed E-state index contributed by atoms with van der Waals surface area (Å²) in [4.78, 5) is 1.28. The van der Waals surface area contributed by atoms with E-state index < -0.39 is 0 Å². The molecule has 1 heterocycles. The van der Waals surface area contributed by atoms with Crippen molar-refractivity contribution < 1.29 is 9.47 Å². The van der Waals surface area contributed by atoms with Crippen molar-refractivity contribution in [3.63, 3.8) is 0 Å². The molecule has 0 aromatic heterocycles. The average molecular weight is 239 g/mol. The molecular formula is C12H17NO2S. The minimum Gasteiger partial charge on any atom is -0.497 e. The highest BCUT2D eigenvalue weighted by Gasteiger charge is 2.15. The van der Waals surface area contributed by atoms with Gasteiger partial charge in [-0.2, -0.15) is 0 Å². The first-order valence-corrected chi connectivity index (χ1v) is 6.30. The van der Waals surface area contributed by atoms with Crippen molar-refractivity contribution in [1.82, 2.24) is 5.32 Å². The summed E-state index contributed by atoms with van der Waals surface area (Å²) in [7, 11) is 1.69. The number of hydrogen-bond donors (Lipinski definition) is 1. The van der Waals surface area contributed by atoms with Crippen molar-refractivity contribution in [2.75, 3.05) is 26.9 Å². The summed E-state index contributed by atoms with van der Waals surface area (Å²) in [5.41, 5.74) is 1.25. The molecule has 1 saturated heterocycles. The molecule has 1 aromatic rings. The van der Waals surface area contributed by atoms with Gasteiger partial charge in [-0.3, -0.25) is 0 Å². The topological polar surface area (TPSA) is 30.5 Å². The summed E-state index contributed by atoms with van der Waals surface area (Å²) < 4.78 is 10.6. The molecule has 0 spiro atoms. The molecule has 1 unspecified atom stereocenters. The van der Waals surface area contributed by atoms with Gasteiger partial charge < -0.3 is 14.8 Å². The summed E-state index contributed by atoms with van der Waals surface area (Å²) in [6.07, 6.45) is 0. The SMILES string of the molecule is COc1ccc(SC2COCCN2)c(C)c1. The normalized spacial score (nSPS) is 20.8. The lowest BCUT2D eigenvalue weighted by molar-refractivity contribution is 0.100. The number of thioether (sulfide) groups is 1. The first kappa shape index (κ1) is 11.8. The van der Waals surface area contributed by atoms with E-state index in [-0.39, 0.29) is 0 Å². The highest BCUT2D eigenvalue weighted by Crippen LogP contribution is 2.29. The Morgan fingerprint density at radius 2 is 2.38 bits per heavy atom. The molecule has 1 fully saturated rings. The van der Waals surface area contributed by atoms with E-state index in [4.69, 9.17) is 9.47 Å². The van der Waals surface area contributed by atoms with Crippen LogP contribution in [0.15, 0.2) is 23.1 Å². The van der Waals surface area contributed by atoms with Crippen LogP contribution in [0.5, 0.6) is 5.75 Å². The van der Waals surface area contributed by atoms with E-state index in [0.29, 0.717) is 5.37 Å². The minimum atomic E-state index is 0.362. The maximum absolute atomic E-state index is 5.43. The fourth-order valence-corrected chi connectivity index (χ4v) is 2.71. The Balaban J connectivity index is 2.03. The van der Waals surface area contributed by atoms with E-state index in [1.807, 2.05) is 17.8 Å². The lowest BCUT2D eigenvalue weighted by Crippen LogP contribution is -2.38. The first-order chi connectivity index (χ1) is 7.79. The lowest BCUT2D eigenvalue weighted by Gasteiger charge is -2.23. The number of ether oxygens (including phenoxy) is 2. The Morgan fingerprint density at radius 1 is 1.50 bits per heavy atom. The Hall–Kier alpha value is -0.710. The molecule has 0 radical (unpaired) electrons. The van der Waals surface area contributed by atoms with Gasteiger partial charge in [0.2, 0.25) is 0 Å². The van der Waals surface area contributed by atoms with E-state index in [1.165, 1.54) is 10.5 Å². The molecule has 1 atom stereocenters. The monoisotopic (exact) mass is 239 g/mol. The van der Waals surface area contributed by atoms with Gasteiger partial charge in [0.1, 0.15) is 5.75 Å². The van der Waals surface area contributed by atoms with Gasteiger partial charge in [0.15, 0.2) is 0 Å². The summed E-state index contributed by atoms with van der Waals surface area (Å²) in [6, 6.07) is 6.17. The zero-order valence-corrected chi connectivity index (χ0v) is 10.5. The number of aryl methyl sites for hydroxylation is 1. The van der Waals surface area contributed by atoms with Crippen LogP contribution in [-0.4, -0.2) is 32.2 Å². The van der Waals surface area contributed by atoms with E-state index in [2.05, 4.69) is 24.4 Å². The third kappa shape index (κ3) is 2.90. The Bertz CT molecular complexity index is 351. The molecule has 0 aliphatic carbocycles. The average Bonchev–Trinajstić information content (AvgIpc) is 2.33. The molecule has 88 valence electrons. The van der Waals surface area contributed by atoms with E-state index >= 15 is 0 Å². The summed E-state index contributed by atoms with van der Waals surface area (Å²) in [5.74, 6) is 0.912. The highest BCUT2D eigenvalue weighted by molar-refractivity contribution is 8.00. The molecule has 0 amide bonds. The maximum atomic E-state index is 5.43.